The van der Waals surface area contributed by atoms with Crippen LogP contribution < -0.4 is 4.74 Å². The molecule has 1 atom stereocenters. The number of methoxy groups -OCH3 is 1. The molecule has 0 N–H and O–H groups in total. The minimum atomic E-state index is 0.715. The monoisotopic (exact) mass is 352 g/mol. The van der Waals surface area contributed by atoms with Crippen molar-refractivity contribution in [2.45, 2.75) is 38.3 Å². The van der Waals surface area contributed by atoms with Gasteiger partial charge in [-0.2, -0.15) is 0 Å². The molecule has 2 aliphatic rings. The van der Waals surface area contributed by atoms with E-state index in [2.05, 4.69) is 37.9 Å². The molecule has 0 unspecified atom stereocenters. The van der Waals surface area contributed by atoms with Gasteiger partial charge in [0, 0.05) is 29.2 Å². The van der Waals surface area contributed by atoms with Gasteiger partial charge in [-0.3, -0.25) is 4.90 Å². The number of nitrogens with zero attached hydrogens (tertiary/aromatic N) is 2. The lowest BCUT2D eigenvalue weighted by molar-refractivity contribution is 0.184. The predicted molar refractivity (Wildman–Crippen MR) is 89.8 cm³/mol. The van der Waals surface area contributed by atoms with Crippen LogP contribution >= 0.6 is 15.9 Å². The second-order valence-corrected chi connectivity index (χ2v) is 7.15. The fraction of sp³-hybridized carbons (Fsp3) is 0.647. The Morgan fingerprint density at radius 3 is 2.76 bits per heavy atom. The van der Waals surface area contributed by atoms with Gasteiger partial charge < -0.3 is 9.64 Å². The minimum Gasteiger partial charge on any atom is -0.496 e. The third-order valence-electron chi connectivity index (χ3n) is 4.78. The summed E-state index contributed by atoms with van der Waals surface area (Å²) in [5, 5.41) is 0. The van der Waals surface area contributed by atoms with E-state index in [0.29, 0.717) is 6.04 Å². The van der Waals surface area contributed by atoms with Crippen molar-refractivity contribution in [2.24, 2.45) is 0 Å². The largest absolute Gasteiger partial charge is 0.496 e. The molecule has 2 heterocycles. The highest BCUT2D eigenvalue weighted by molar-refractivity contribution is 9.10. The van der Waals surface area contributed by atoms with Gasteiger partial charge in [0.25, 0.3) is 0 Å². The SMILES string of the molecule is COc1ccc(Br)cc1CN1CCC[C@H]1CN1CCCC1. The molecule has 4 heteroatoms. The summed E-state index contributed by atoms with van der Waals surface area (Å²) in [6.07, 6.45) is 5.43. The molecule has 1 aromatic rings. The van der Waals surface area contributed by atoms with Crippen LogP contribution in [-0.2, 0) is 6.54 Å². The summed E-state index contributed by atoms with van der Waals surface area (Å²) in [7, 11) is 1.76. The standard InChI is InChI=1S/C17H25BrN2O/c1-21-17-7-6-15(18)11-14(17)12-20-10-4-5-16(20)13-19-8-2-3-9-19/h6-7,11,16H,2-5,8-10,12-13H2,1H3/t16-/m0/s1. The minimum absolute atomic E-state index is 0.715. The van der Waals surface area contributed by atoms with Gasteiger partial charge in [0.15, 0.2) is 0 Å². The molecule has 3 rings (SSSR count). The molecule has 2 aliphatic heterocycles. The van der Waals surface area contributed by atoms with Gasteiger partial charge in [-0.1, -0.05) is 15.9 Å². The third kappa shape index (κ3) is 3.79. The number of hydrogen-bond acceptors (Lipinski definition) is 3. The molecular weight excluding hydrogens is 328 g/mol. The molecule has 21 heavy (non-hydrogen) atoms. The van der Waals surface area contributed by atoms with Crippen molar-refractivity contribution >= 4 is 15.9 Å². The number of benzene rings is 1. The zero-order chi connectivity index (χ0) is 14.7. The van der Waals surface area contributed by atoms with Crippen LogP contribution in [0.5, 0.6) is 5.75 Å². The van der Waals surface area contributed by atoms with Gasteiger partial charge in [0.2, 0.25) is 0 Å². The van der Waals surface area contributed by atoms with E-state index in [1.54, 1.807) is 7.11 Å². The molecule has 2 saturated heterocycles. The normalized spacial score (nSPS) is 23.8. The Morgan fingerprint density at radius 1 is 1.19 bits per heavy atom. The molecule has 0 amide bonds. The molecule has 0 saturated carbocycles. The van der Waals surface area contributed by atoms with Gasteiger partial charge in [-0.25, -0.2) is 0 Å². The first-order valence-electron chi connectivity index (χ1n) is 8.05. The van der Waals surface area contributed by atoms with E-state index in [0.717, 1.165) is 16.8 Å². The van der Waals surface area contributed by atoms with Crippen LogP contribution in [0.2, 0.25) is 0 Å². The first-order valence-corrected chi connectivity index (χ1v) is 8.84. The summed E-state index contributed by atoms with van der Waals surface area (Å²) < 4.78 is 6.65. The number of ether oxygens (including phenoxy) is 1. The van der Waals surface area contributed by atoms with Crippen molar-refractivity contribution in [3.8, 4) is 5.75 Å². The van der Waals surface area contributed by atoms with E-state index in [4.69, 9.17) is 4.74 Å². The van der Waals surface area contributed by atoms with E-state index in [-0.39, 0.29) is 0 Å². The van der Waals surface area contributed by atoms with Crippen molar-refractivity contribution in [3.63, 3.8) is 0 Å². The second kappa shape index (κ2) is 7.12. The lowest BCUT2D eigenvalue weighted by Gasteiger charge is -2.29. The van der Waals surface area contributed by atoms with Crippen LogP contribution in [0.3, 0.4) is 0 Å². The molecule has 0 radical (unpaired) electrons. The van der Waals surface area contributed by atoms with Crippen LogP contribution in [0.4, 0.5) is 0 Å². The molecular formula is C17H25BrN2O. The fourth-order valence-electron chi connectivity index (χ4n) is 3.66. The predicted octanol–water partition coefficient (Wildman–Crippen LogP) is 3.52. The molecule has 2 fully saturated rings. The number of halogens is 1. The van der Waals surface area contributed by atoms with Gasteiger partial charge >= 0.3 is 0 Å². The average Bonchev–Trinajstić information content (AvgIpc) is 3.12. The quantitative estimate of drug-likeness (QED) is 0.806. The Hall–Kier alpha value is -0.580. The number of hydrogen-bond donors (Lipinski definition) is 0. The molecule has 0 spiro atoms. The summed E-state index contributed by atoms with van der Waals surface area (Å²) in [5.74, 6) is 1.00. The van der Waals surface area contributed by atoms with Crippen LogP contribution in [0.25, 0.3) is 0 Å². The highest BCUT2D eigenvalue weighted by atomic mass is 79.9. The smallest absolute Gasteiger partial charge is 0.123 e. The lowest BCUT2D eigenvalue weighted by atomic mass is 10.1. The van der Waals surface area contributed by atoms with E-state index < -0.39 is 0 Å². The summed E-state index contributed by atoms with van der Waals surface area (Å²) in [6, 6.07) is 7.02. The number of rotatable bonds is 5. The Morgan fingerprint density at radius 2 is 2.00 bits per heavy atom. The summed E-state index contributed by atoms with van der Waals surface area (Å²) in [4.78, 5) is 5.28. The summed E-state index contributed by atoms with van der Waals surface area (Å²) in [5.41, 5.74) is 1.29. The highest BCUT2D eigenvalue weighted by Crippen LogP contribution is 2.28. The summed E-state index contributed by atoms with van der Waals surface area (Å²) in [6.45, 7) is 6.06. The highest BCUT2D eigenvalue weighted by Gasteiger charge is 2.28. The van der Waals surface area contributed by atoms with Crippen molar-refractivity contribution in [1.29, 1.82) is 0 Å². The Labute approximate surface area is 136 Å². The van der Waals surface area contributed by atoms with E-state index in [9.17, 15) is 0 Å². The molecule has 0 aromatic heterocycles. The van der Waals surface area contributed by atoms with Crippen molar-refractivity contribution in [3.05, 3.63) is 28.2 Å². The Bertz CT molecular complexity index is 474. The number of likely N-dealkylation sites (tertiary alicyclic amines) is 2. The summed E-state index contributed by atoms with van der Waals surface area (Å²) >= 11 is 3.58. The molecule has 1 aromatic carbocycles. The van der Waals surface area contributed by atoms with Crippen LogP contribution in [0, 0.1) is 0 Å². The lowest BCUT2D eigenvalue weighted by Crippen LogP contribution is -2.38. The van der Waals surface area contributed by atoms with Crippen LogP contribution in [0.1, 0.15) is 31.2 Å². The zero-order valence-corrected chi connectivity index (χ0v) is 14.4. The fourth-order valence-corrected chi connectivity index (χ4v) is 4.07. The maximum atomic E-state index is 5.52. The topological polar surface area (TPSA) is 15.7 Å². The molecule has 0 bridgehead atoms. The van der Waals surface area contributed by atoms with Gasteiger partial charge in [0.05, 0.1) is 7.11 Å². The average molecular weight is 353 g/mol. The zero-order valence-electron chi connectivity index (χ0n) is 12.9. The van der Waals surface area contributed by atoms with Gasteiger partial charge in [0.1, 0.15) is 5.75 Å². The Kier molecular flexibility index (Phi) is 5.19. The third-order valence-corrected chi connectivity index (χ3v) is 5.28. The van der Waals surface area contributed by atoms with E-state index in [1.165, 1.54) is 57.4 Å². The Balaban J connectivity index is 1.66. The van der Waals surface area contributed by atoms with Crippen LogP contribution in [-0.4, -0.2) is 49.1 Å². The maximum Gasteiger partial charge on any atom is 0.123 e. The van der Waals surface area contributed by atoms with Gasteiger partial charge in [-0.05, 0) is 63.5 Å². The van der Waals surface area contributed by atoms with Crippen molar-refractivity contribution in [1.82, 2.24) is 9.80 Å². The first-order chi connectivity index (χ1) is 10.3. The molecule has 116 valence electrons. The maximum absolute atomic E-state index is 5.52. The molecule has 3 nitrogen and oxygen atoms in total. The van der Waals surface area contributed by atoms with E-state index in [1.807, 2.05) is 6.07 Å². The van der Waals surface area contributed by atoms with E-state index >= 15 is 0 Å². The van der Waals surface area contributed by atoms with Crippen molar-refractivity contribution < 1.29 is 4.74 Å². The van der Waals surface area contributed by atoms with Crippen molar-refractivity contribution in [2.75, 3.05) is 33.3 Å². The first kappa shape index (κ1) is 15.3. The van der Waals surface area contributed by atoms with Gasteiger partial charge in [-0.15, -0.1) is 0 Å². The van der Waals surface area contributed by atoms with Crippen LogP contribution in [0.15, 0.2) is 22.7 Å². The molecule has 0 aliphatic carbocycles. The second-order valence-electron chi connectivity index (χ2n) is 6.23.